The smallest absolute Gasteiger partial charge is 0.304 e. The van der Waals surface area contributed by atoms with Crippen LogP contribution in [0.15, 0.2) is 10.9 Å². The molecule has 0 fully saturated rings. The van der Waals surface area contributed by atoms with Gasteiger partial charge in [-0.25, -0.2) is 0 Å². The van der Waals surface area contributed by atoms with Gasteiger partial charge in [0.2, 0.25) is 0 Å². The summed E-state index contributed by atoms with van der Waals surface area (Å²) in [5, 5.41) is 11.3. The Hall–Kier alpha value is -1.52. The van der Waals surface area contributed by atoms with E-state index in [0.717, 1.165) is 0 Å². The zero-order valence-corrected chi connectivity index (χ0v) is 8.50. The molecule has 0 radical (unpaired) electrons. The summed E-state index contributed by atoms with van der Waals surface area (Å²) in [6.45, 7) is 3.59. The Morgan fingerprint density at radius 2 is 2.21 bits per heavy atom. The van der Waals surface area contributed by atoms with Crippen LogP contribution in [-0.4, -0.2) is 20.9 Å². The number of aryl methyl sites for hydroxylation is 1. The Bertz CT molecular complexity index is 400. The first kappa shape index (κ1) is 10.6. The lowest BCUT2D eigenvalue weighted by molar-refractivity contribution is -0.138. The third-order valence-electron chi connectivity index (χ3n) is 2.19. The molecular formula is C9H14N2O3. The first-order chi connectivity index (χ1) is 6.33. The van der Waals surface area contributed by atoms with Gasteiger partial charge in [0.05, 0.1) is 6.42 Å². The van der Waals surface area contributed by atoms with Gasteiger partial charge >= 0.3 is 5.97 Å². The maximum absolute atomic E-state index is 11.0. The molecule has 5 nitrogen and oxygen atoms in total. The zero-order chi connectivity index (χ0) is 10.9. The highest BCUT2D eigenvalue weighted by atomic mass is 16.4. The standard InChI is InChI=1S/C9H14N2O3/c1-9(2,5-8(13)14)6-4-7(12)10-11(6)3/h4H,5H2,1-3H3,(H,10,12)(H,13,14). The van der Waals surface area contributed by atoms with Gasteiger partial charge in [-0.3, -0.25) is 19.4 Å². The van der Waals surface area contributed by atoms with Gasteiger partial charge < -0.3 is 5.11 Å². The number of aliphatic carboxylic acids is 1. The molecule has 2 N–H and O–H groups in total. The van der Waals surface area contributed by atoms with Crippen LogP contribution >= 0.6 is 0 Å². The number of nitrogens with one attached hydrogen (secondary N) is 1. The second-order valence-electron chi connectivity index (χ2n) is 4.02. The zero-order valence-electron chi connectivity index (χ0n) is 8.50. The van der Waals surface area contributed by atoms with Crippen LogP contribution in [0.25, 0.3) is 0 Å². The lowest BCUT2D eigenvalue weighted by Gasteiger charge is -2.22. The number of hydrogen-bond acceptors (Lipinski definition) is 2. The van der Waals surface area contributed by atoms with E-state index in [4.69, 9.17) is 5.11 Å². The molecule has 5 heteroatoms. The fourth-order valence-electron chi connectivity index (χ4n) is 1.60. The quantitative estimate of drug-likeness (QED) is 0.741. The molecule has 0 spiro atoms. The molecule has 1 aromatic rings. The highest BCUT2D eigenvalue weighted by Gasteiger charge is 2.27. The lowest BCUT2D eigenvalue weighted by Crippen LogP contribution is -2.24. The number of carboxylic acids is 1. The van der Waals surface area contributed by atoms with Gasteiger partial charge in [-0.1, -0.05) is 13.8 Å². The molecule has 0 saturated carbocycles. The minimum absolute atomic E-state index is 0.00185. The normalized spacial score (nSPS) is 11.6. The molecule has 78 valence electrons. The van der Waals surface area contributed by atoms with E-state index in [9.17, 15) is 9.59 Å². The van der Waals surface area contributed by atoms with Crippen LogP contribution in [0.5, 0.6) is 0 Å². The Morgan fingerprint density at radius 1 is 1.64 bits per heavy atom. The monoisotopic (exact) mass is 198 g/mol. The Morgan fingerprint density at radius 3 is 2.57 bits per heavy atom. The van der Waals surface area contributed by atoms with Crippen molar-refractivity contribution in [1.29, 1.82) is 0 Å². The molecular weight excluding hydrogens is 184 g/mol. The number of H-pyrrole nitrogens is 1. The summed E-state index contributed by atoms with van der Waals surface area (Å²) >= 11 is 0. The molecule has 0 saturated heterocycles. The first-order valence-electron chi connectivity index (χ1n) is 4.31. The molecule has 0 amide bonds. The SMILES string of the molecule is Cn1[nH]c(=O)cc1C(C)(C)CC(=O)O. The Kier molecular flexibility index (Phi) is 2.51. The first-order valence-corrected chi connectivity index (χ1v) is 4.31. The van der Waals surface area contributed by atoms with E-state index in [-0.39, 0.29) is 12.0 Å². The second kappa shape index (κ2) is 3.32. The van der Waals surface area contributed by atoms with E-state index in [2.05, 4.69) is 5.10 Å². The van der Waals surface area contributed by atoms with Gasteiger partial charge in [-0.2, -0.15) is 0 Å². The maximum atomic E-state index is 11.0. The fourth-order valence-corrected chi connectivity index (χ4v) is 1.60. The molecule has 1 rings (SSSR count). The highest BCUT2D eigenvalue weighted by Crippen LogP contribution is 2.24. The van der Waals surface area contributed by atoms with Crippen molar-refractivity contribution in [3.63, 3.8) is 0 Å². The van der Waals surface area contributed by atoms with E-state index >= 15 is 0 Å². The summed E-state index contributed by atoms with van der Waals surface area (Å²) < 4.78 is 1.56. The number of aromatic nitrogens is 2. The molecule has 14 heavy (non-hydrogen) atoms. The topological polar surface area (TPSA) is 75.1 Å². The van der Waals surface area contributed by atoms with Gasteiger partial charge in [0.25, 0.3) is 5.56 Å². The summed E-state index contributed by atoms with van der Waals surface area (Å²) in [7, 11) is 1.69. The average molecular weight is 198 g/mol. The lowest BCUT2D eigenvalue weighted by atomic mass is 9.85. The van der Waals surface area contributed by atoms with Crippen molar-refractivity contribution in [2.45, 2.75) is 25.7 Å². The predicted octanol–water partition coefficient (Wildman–Crippen LogP) is 0.466. The average Bonchev–Trinajstić information content (AvgIpc) is 2.27. The second-order valence-corrected chi connectivity index (χ2v) is 4.02. The molecule has 0 unspecified atom stereocenters. The van der Waals surface area contributed by atoms with Crippen LogP contribution in [0, 0.1) is 0 Å². The third kappa shape index (κ3) is 2.04. The summed E-state index contributed by atoms with van der Waals surface area (Å²) in [6, 6.07) is 1.43. The van der Waals surface area contributed by atoms with Crippen molar-refractivity contribution >= 4 is 5.97 Å². The van der Waals surface area contributed by atoms with Gasteiger partial charge in [-0.05, 0) is 0 Å². The van der Waals surface area contributed by atoms with Gasteiger partial charge in [0, 0.05) is 24.2 Å². The third-order valence-corrected chi connectivity index (χ3v) is 2.19. The molecule has 0 atom stereocenters. The van der Waals surface area contributed by atoms with Crippen LogP contribution < -0.4 is 5.56 Å². The number of hydrogen-bond donors (Lipinski definition) is 2. The molecule has 0 bridgehead atoms. The molecule has 1 heterocycles. The van der Waals surface area contributed by atoms with Crippen LogP contribution in [0.1, 0.15) is 26.0 Å². The minimum atomic E-state index is -0.872. The highest BCUT2D eigenvalue weighted by molar-refractivity contribution is 5.68. The number of carbonyl (C=O) groups is 1. The summed E-state index contributed by atoms with van der Waals surface area (Å²) in [5.41, 5.74) is -0.0504. The van der Waals surface area contributed by atoms with Crippen molar-refractivity contribution in [2.75, 3.05) is 0 Å². The molecule has 0 aromatic carbocycles. The number of carboxylic acid groups (broad SMARTS) is 1. The number of rotatable bonds is 3. The summed E-state index contributed by atoms with van der Waals surface area (Å²) in [6.07, 6.45) is -0.00185. The Balaban J connectivity index is 3.08. The molecule has 1 aromatic heterocycles. The van der Waals surface area contributed by atoms with Crippen molar-refractivity contribution in [1.82, 2.24) is 9.78 Å². The Labute approximate surface area is 81.3 Å². The molecule has 0 aliphatic heterocycles. The van der Waals surface area contributed by atoms with E-state index in [0.29, 0.717) is 5.69 Å². The van der Waals surface area contributed by atoms with Crippen LogP contribution in [0.3, 0.4) is 0 Å². The maximum Gasteiger partial charge on any atom is 0.304 e. The summed E-state index contributed by atoms with van der Waals surface area (Å²) in [5.74, 6) is -0.872. The molecule has 0 aliphatic carbocycles. The van der Waals surface area contributed by atoms with Crippen molar-refractivity contribution in [3.05, 3.63) is 22.1 Å². The van der Waals surface area contributed by atoms with Crippen molar-refractivity contribution in [2.24, 2.45) is 7.05 Å². The fraction of sp³-hybridized carbons (Fsp3) is 0.556. The van der Waals surface area contributed by atoms with Crippen molar-refractivity contribution in [3.8, 4) is 0 Å². The number of aromatic amines is 1. The number of nitrogens with zero attached hydrogens (tertiary/aromatic N) is 1. The van der Waals surface area contributed by atoms with E-state index in [1.165, 1.54) is 6.07 Å². The van der Waals surface area contributed by atoms with Crippen molar-refractivity contribution < 1.29 is 9.90 Å². The van der Waals surface area contributed by atoms with E-state index < -0.39 is 11.4 Å². The summed E-state index contributed by atoms with van der Waals surface area (Å²) in [4.78, 5) is 21.6. The van der Waals surface area contributed by atoms with Crippen LogP contribution in [0.2, 0.25) is 0 Å². The predicted molar refractivity (Wildman–Crippen MR) is 51.3 cm³/mol. The largest absolute Gasteiger partial charge is 0.481 e. The van der Waals surface area contributed by atoms with E-state index in [1.54, 1.807) is 25.6 Å². The molecule has 0 aliphatic rings. The van der Waals surface area contributed by atoms with Crippen LogP contribution in [-0.2, 0) is 17.3 Å². The van der Waals surface area contributed by atoms with Gasteiger partial charge in [0.15, 0.2) is 0 Å². The van der Waals surface area contributed by atoms with E-state index in [1.807, 2.05) is 0 Å². The van der Waals surface area contributed by atoms with Gasteiger partial charge in [0.1, 0.15) is 0 Å². The minimum Gasteiger partial charge on any atom is -0.481 e. The van der Waals surface area contributed by atoms with Crippen LogP contribution in [0.4, 0.5) is 0 Å². The van der Waals surface area contributed by atoms with Gasteiger partial charge in [-0.15, -0.1) is 0 Å².